The first kappa shape index (κ1) is 11.2. The summed E-state index contributed by atoms with van der Waals surface area (Å²) in [4.78, 5) is 21.8. The number of aliphatic carboxylic acids is 1. The molecule has 1 rings (SSSR count). The number of rotatable bonds is 4. The molecule has 0 amide bonds. The van der Waals surface area contributed by atoms with Gasteiger partial charge in [0.15, 0.2) is 0 Å². The molecule has 80 valence electrons. The second-order valence-corrected chi connectivity index (χ2v) is 2.99. The van der Waals surface area contributed by atoms with Crippen LogP contribution in [0.3, 0.4) is 0 Å². The van der Waals surface area contributed by atoms with Gasteiger partial charge in [0.2, 0.25) is 0 Å². The Kier molecular flexibility index (Phi) is 3.85. The van der Waals surface area contributed by atoms with Crippen molar-refractivity contribution in [1.29, 1.82) is 0 Å². The quantitative estimate of drug-likeness (QED) is 0.761. The van der Waals surface area contributed by atoms with Gasteiger partial charge < -0.3 is 9.84 Å². The zero-order chi connectivity index (χ0) is 11.3. The Morgan fingerprint density at radius 1 is 1.40 bits per heavy atom. The van der Waals surface area contributed by atoms with Gasteiger partial charge in [0.05, 0.1) is 18.6 Å². The Bertz CT molecular complexity index is 371. The van der Waals surface area contributed by atoms with E-state index in [0.717, 1.165) is 0 Å². The second-order valence-electron chi connectivity index (χ2n) is 2.99. The van der Waals surface area contributed by atoms with Crippen molar-refractivity contribution in [2.75, 3.05) is 6.61 Å². The van der Waals surface area contributed by atoms with Crippen LogP contribution >= 0.6 is 0 Å². The highest BCUT2D eigenvalue weighted by Crippen LogP contribution is 2.07. The van der Waals surface area contributed by atoms with Gasteiger partial charge in [-0.2, -0.15) is 0 Å². The Morgan fingerprint density at radius 2 is 2.13 bits per heavy atom. The summed E-state index contributed by atoms with van der Waals surface area (Å²) in [5, 5.41) is 8.58. The summed E-state index contributed by atoms with van der Waals surface area (Å²) in [6, 6.07) is 6.44. The monoisotopic (exact) mass is 208 g/mol. The van der Waals surface area contributed by atoms with E-state index in [0.29, 0.717) is 17.7 Å². The highest BCUT2D eigenvalue weighted by Gasteiger charge is 2.07. The molecule has 0 aromatic heterocycles. The van der Waals surface area contributed by atoms with E-state index in [1.54, 1.807) is 25.1 Å². The van der Waals surface area contributed by atoms with Gasteiger partial charge in [0.1, 0.15) is 0 Å². The standard InChI is InChI=1S/C11H12O4/c1-2-15-11(14)9-5-3-4-8(6-9)7-10(12)13/h3-6H,2,7H2,1H3,(H,12,13). The van der Waals surface area contributed by atoms with E-state index >= 15 is 0 Å². The zero-order valence-electron chi connectivity index (χ0n) is 8.40. The third kappa shape index (κ3) is 3.42. The molecule has 0 bridgehead atoms. The maximum Gasteiger partial charge on any atom is 0.338 e. The van der Waals surface area contributed by atoms with E-state index in [4.69, 9.17) is 9.84 Å². The molecule has 0 unspecified atom stereocenters. The number of carbonyl (C=O) groups is 2. The summed E-state index contributed by atoms with van der Waals surface area (Å²) < 4.78 is 4.80. The van der Waals surface area contributed by atoms with Crippen LogP contribution in [0.2, 0.25) is 0 Å². The first-order valence-corrected chi connectivity index (χ1v) is 4.61. The van der Waals surface area contributed by atoms with Crippen LogP contribution in [0.4, 0.5) is 0 Å². The number of benzene rings is 1. The van der Waals surface area contributed by atoms with E-state index in [1.165, 1.54) is 6.07 Å². The van der Waals surface area contributed by atoms with Crippen molar-refractivity contribution >= 4 is 11.9 Å². The van der Waals surface area contributed by atoms with Crippen molar-refractivity contribution in [3.8, 4) is 0 Å². The SMILES string of the molecule is CCOC(=O)c1cccc(CC(=O)O)c1. The molecule has 4 nitrogen and oxygen atoms in total. The van der Waals surface area contributed by atoms with Crippen LogP contribution in [0.1, 0.15) is 22.8 Å². The van der Waals surface area contributed by atoms with E-state index in [-0.39, 0.29) is 6.42 Å². The maximum absolute atomic E-state index is 11.3. The van der Waals surface area contributed by atoms with Crippen molar-refractivity contribution < 1.29 is 19.4 Å². The minimum absolute atomic E-state index is 0.0900. The lowest BCUT2D eigenvalue weighted by Crippen LogP contribution is -2.06. The number of ether oxygens (including phenoxy) is 1. The average molecular weight is 208 g/mol. The third-order valence-electron chi connectivity index (χ3n) is 1.79. The molecule has 0 aliphatic heterocycles. The Morgan fingerprint density at radius 3 is 2.73 bits per heavy atom. The summed E-state index contributed by atoms with van der Waals surface area (Å²) in [6.07, 6.45) is -0.0900. The van der Waals surface area contributed by atoms with Gasteiger partial charge in [-0.25, -0.2) is 4.79 Å². The van der Waals surface area contributed by atoms with Crippen LogP contribution in [0.15, 0.2) is 24.3 Å². The average Bonchev–Trinajstić information content (AvgIpc) is 2.17. The molecule has 15 heavy (non-hydrogen) atoms. The smallest absolute Gasteiger partial charge is 0.338 e. The second kappa shape index (κ2) is 5.14. The predicted molar refractivity (Wildman–Crippen MR) is 53.7 cm³/mol. The number of carbonyl (C=O) groups excluding carboxylic acids is 1. The molecule has 1 aromatic carbocycles. The molecule has 4 heteroatoms. The molecule has 0 saturated carbocycles. The predicted octanol–water partition coefficient (Wildman–Crippen LogP) is 1.49. The lowest BCUT2D eigenvalue weighted by atomic mass is 10.1. The van der Waals surface area contributed by atoms with Crippen LogP contribution in [0, 0.1) is 0 Å². The lowest BCUT2D eigenvalue weighted by molar-refractivity contribution is -0.136. The van der Waals surface area contributed by atoms with Gasteiger partial charge in [-0.15, -0.1) is 0 Å². The molecule has 0 heterocycles. The Hall–Kier alpha value is -1.84. The number of hydrogen-bond donors (Lipinski definition) is 1. The first-order valence-electron chi connectivity index (χ1n) is 4.61. The molecule has 0 spiro atoms. The molecule has 0 radical (unpaired) electrons. The van der Waals surface area contributed by atoms with Gasteiger partial charge in [-0.1, -0.05) is 12.1 Å². The lowest BCUT2D eigenvalue weighted by Gasteiger charge is -2.03. The molecule has 0 saturated heterocycles. The highest BCUT2D eigenvalue weighted by molar-refractivity contribution is 5.89. The first-order chi connectivity index (χ1) is 7.13. The minimum atomic E-state index is -0.920. The summed E-state index contributed by atoms with van der Waals surface area (Å²) >= 11 is 0. The highest BCUT2D eigenvalue weighted by atomic mass is 16.5. The number of carboxylic acids is 1. The van der Waals surface area contributed by atoms with Crippen molar-refractivity contribution in [1.82, 2.24) is 0 Å². The van der Waals surface area contributed by atoms with Gasteiger partial charge in [0, 0.05) is 0 Å². The molecule has 1 N–H and O–H groups in total. The minimum Gasteiger partial charge on any atom is -0.481 e. The fourth-order valence-corrected chi connectivity index (χ4v) is 1.20. The van der Waals surface area contributed by atoms with Crippen molar-refractivity contribution in [2.24, 2.45) is 0 Å². The fraction of sp³-hybridized carbons (Fsp3) is 0.273. The van der Waals surface area contributed by atoms with E-state index in [2.05, 4.69) is 0 Å². The van der Waals surface area contributed by atoms with Crippen LogP contribution in [0.25, 0.3) is 0 Å². The van der Waals surface area contributed by atoms with E-state index < -0.39 is 11.9 Å². The van der Waals surface area contributed by atoms with Crippen LogP contribution in [0.5, 0.6) is 0 Å². The van der Waals surface area contributed by atoms with Crippen molar-refractivity contribution in [2.45, 2.75) is 13.3 Å². The number of carboxylic acid groups (broad SMARTS) is 1. The number of esters is 1. The van der Waals surface area contributed by atoms with Crippen LogP contribution in [-0.2, 0) is 16.0 Å². The fourth-order valence-electron chi connectivity index (χ4n) is 1.20. The summed E-state index contributed by atoms with van der Waals surface area (Å²) in [6.45, 7) is 2.03. The largest absolute Gasteiger partial charge is 0.481 e. The molecule has 0 atom stereocenters. The van der Waals surface area contributed by atoms with Crippen LogP contribution in [-0.4, -0.2) is 23.7 Å². The normalized spacial score (nSPS) is 9.67. The van der Waals surface area contributed by atoms with Gasteiger partial charge in [-0.3, -0.25) is 4.79 Å². The molecule has 0 fully saturated rings. The zero-order valence-corrected chi connectivity index (χ0v) is 8.40. The van der Waals surface area contributed by atoms with Gasteiger partial charge in [-0.05, 0) is 24.6 Å². The molecular formula is C11H12O4. The van der Waals surface area contributed by atoms with Crippen molar-refractivity contribution in [3.63, 3.8) is 0 Å². The molecule has 0 aliphatic carbocycles. The van der Waals surface area contributed by atoms with Gasteiger partial charge in [0.25, 0.3) is 0 Å². The van der Waals surface area contributed by atoms with Crippen LogP contribution < -0.4 is 0 Å². The number of hydrogen-bond acceptors (Lipinski definition) is 3. The summed E-state index contributed by atoms with van der Waals surface area (Å²) in [5.41, 5.74) is 0.976. The van der Waals surface area contributed by atoms with E-state index in [1.807, 2.05) is 0 Å². The van der Waals surface area contributed by atoms with Gasteiger partial charge >= 0.3 is 11.9 Å². The summed E-state index contributed by atoms with van der Waals surface area (Å²) in [5.74, 6) is -1.35. The topological polar surface area (TPSA) is 63.6 Å². The van der Waals surface area contributed by atoms with E-state index in [9.17, 15) is 9.59 Å². The Labute approximate surface area is 87.5 Å². The van der Waals surface area contributed by atoms with Crippen molar-refractivity contribution in [3.05, 3.63) is 35.4 Å². The Balaban J connectivity index is 2.82. The molecule has 0 aliphatic rings. The third-order valence-corrected chi connectivity index (χ3v) is 1.79. The maximum atomic E-state index is 11.3. The molecular weight excluding hydrogens is 196 g/mol. The summed E-state index contributed by atoms with van der Waals surface area (Å²) in [7, 11) is 0. The molecule has 1 aromatic rings.